The Bertz CT molecular complexity index is 192. The molecule has 0 amide bonds. The highest BCUT2D eigenvalue weighted by atomic mass is 16.4. The Balaban J connectivity index is 0. The van der Waals surface area contributed by atoms with Crippen molar-refractivity contribution in [2.24, 2.45) is 5.92 Å². The average Bonchev–Trinajstić information content (AvgIpc) is 2.08. The van der Waals surface area contributed by atoms with Gasteiger partial charge >= 0.3 is 5.97 Å². The summed E-state index contributed by atoms with van der Waals surface area (Å²) in [6.07, 6.45) is 3.76. The molecular weight excluding hydrogens is 164 g/mol. The van der Waals surface area contributed by atoms with E-state index < -0.39 is 5.97 Å². The van der Waals surface area contributed by atoms with Gasteiger partial charge in [0, 0.05) is 0 Å². The highest BCUT2D eigenvalue weighted by Crippen LogP contribution is 2.14. The molecule has 74 valence electrons. The summed E-state index contributed by atoms with van der Waals surface area (Å²) in [4.78, 5) is 10.3. The summed E-state index contributed by atoms with van der Waals surface area (Å²) in [6.45, 7) is 13.4. The summed E-state index contributed by atoms with van der Waals surface area (Å²) >= 11 is 0. The van der Waals surface area contributed by atoms with Crippen LogP contribution in [-0.4, -0.2) is 11.1 Å². The summed E-state index contributed by atoms with van der Waals surface area (Å²) in [5.41, 5.74) is 0.993. The van der Waals surface area contributed by atoms with Crippen LogP contribution in [0.4, 0.5) is 0 Å². The van der Waals surface area contributed by atoms with Crippen LogP contribution in [0.15, 0.2) is 37.5 Å². The first-order valence-corrected chi connectivity index (χ1v) is 4.12. The molecule has 0 aliphatic carbocycles. The second-order valence-corrected chi connectivity index (χ2v) is 2.49. The Kier molecular flexibility index (Phi) is 9.61. The third-order valence-electron chi connectivity index (χ3n) is 1.62. The van der Waals surface area contributed by atoms with Gasteiger partial charge in [-0.15, -0.1) is 13.2 Å². The minimum absolute atomic E-state index is 0.0648. The zero-order valence-corrected chi connectivity index (χ0v) is 8.42. The van der Waals surface area contributed by atoms with Crippen molar-refractivity contribution in [1.82, 2.24) is 0 Å². The molecule has 0 aliphatic rings. The third-order valence-corrected chi connectivity index (χ3v) is 1.62. The standard InChI is InChI=1S/C9H14O2.C2H4/c1-4-8(5-2)7(3)6-9(10)11;1-2/h4-5,7H,1,6H2,2-3H3,(H,10,11);1-2H2/b8-5+;. The number of hydrogen-bond acceptors (Lipinski definition) is 1. The first kappa shape index (κ1) is 14.2. The number of allylic oxidation sites excluding steroid dienone is 3. The van der Waals surface area contributed by atoms with Gasteiger partial charge < -0.3 is 5.11 Å². The highest BCUT2D eigenvalue weighted by molar-refractivity contribution is 5.67. The SMILES string of the molecule is C=C.C=C/C(=C\C)C(C)CC(=O)O. The van der Waals surface area contributed by atoms with Crippen LogP contribution in [-0.2, 0) is 4.79 Å². The quantitative estimate of drug-likeness (QED) is 0.536. The van der Waals surface area contributed by atoms with Gasteiger partial charge in [0.05, 0.1) is 6.42 Å². The molecule has 0 aliphatic heterocycles. The normalized spacial score (nSPS) is 12.3. The second-order valence-electron chi connectivity index (χ2n) is 2.49. The fraction of sp³-hybridized carbons (Fsp3) is 0.364. The van der Waals surface area contributed by atoms with Gasteiger partial charge in [0.2, 0.25) is 0 Å². The number of carboxylic acids is 1. The average molecular weight is 182 g/mol. The van der Waals surface area contributed by atoms with E-state index in [1.54, 1.807) is 6.08 Å². The number of rotatable bonds is 4. The van der Waals surface area contributed by atoms with Crippen molar-refractivity contribution >= 4 is 5.97 Å². The molecule has 2 nitrogen and oxygen atoms in total. The fourth-order valence-corrected chi connectivity index (χ4v) is 0.983. The Morgan fingerprint density at radius 1 is 1.54 bits per heavy atom. The van der Waals surface area contributed by atoms with Crippen LogP contribution in [0.3, 0.4) is 0 Å². The number of carbonyl (C=O) groups is 1. The van der Waals surface area contributed by atoms with Gasteiger partial charge in [-0.3, -0.25) is 4.79 Å². The monoisotopic (exact) mass is 182 g/mol. The lowest BCUT2D eigenvalue weighted by molar-refractivity contribution is -0.137. The smallest absolute Gasteiger partial charge is 0.303 e. The van der Waals surface area contributed by atoms with Crippen LogP contribution in [0.25, 0.3) is 0 Å². The van der Waals surface area contributed by atoms with E-state index in [9.17, 15) is 4.79 Å². The summed E-state index contributed by atoms with van der Waals surface area (Å²) in [6, 6.07) is 0. The lowest BCUT2D eigenvalue weighted by Gasteiger charge is -2.08. The molecule has 0 aromatic rings. The first-order valence-electron chi connectivity index (χ1n) is 4.12. The Labute approximate surface area is 80.3 Å². The van der Waals surface area contributed by atoms with Gasteiger partial charge in [-0.05, 0) is 18.4 Å². The minimum Gasteiger partial charge on any atom is -0.481 e. The van der Waals surface area contributed by atoms with Crippen molar-refractivity contribution in [3.05, 3.63) is 37.5 Å². The molecule has 0 heterocycles. The van der Waals surface area contributed by atoms with Crippen LogP contribution in [0.5, 0.6) is 0 Å². The predicted molar refractivity (Wildman–Crippen MR) is 56.6 cm³/mol. The molecule has 0 rings (SSSR count). The Morgan fingerprint density at radius 3 is 2.23 bits per heavy atom. The van der Waals surface area contributed by atoms with Crippen molar-refractivity contribution < 1.29 is 9.90 Å². The van der Waals surface area contributed by atoms with E-state index in [2.05, 4.69) is 19.7 Å². The summed E-state index contributed by atoms with van der Waals surface area (Å²) in [5, 5.41) is 8.46. The van der Waals surface area contributed by atoms with Crippen LogP contribution in [0.2, 0.25) is 0 Å². The minimum atomic E-state index is -0.765. The molecule has 0 aromatic carbocycles. The van der Waals surface area contributed by atoms with Gasteiger partial charge in [0.1, 0.15) is 0 Å². The molecule has 0 spiro atoms. The second kappa shape index (κ2) is 8.78. The number of hydrogen-bond donors (Lipinski definition) is 1. The molecule has 0 bridgehead atoms. The third kappa shape index (κ3) is 7.06. The molecule has 0 saturated heterocycles. The topological polar surface area (TPSA) is 37.3 Å². The van der Waals surface area contributed by atoms with Crippen molar-refractivity contribution in [2.45, 2.75) is 20.3 Å². The molecule has 0 radical (unpaired) electrons. The molecule has 0 fully saturated rings. The van der Waals surface area contributed by atoms with Crippen molar-refractivity contribution in [1.29, 1.82) is 0 Å². The Morgan fingerprint density at radius 2 is 2.00 bits per heavy atom. The maximum absolute atomic E-state index is 10.3. The summed E-state index contributed by atoms with van der Waals surface area (Å²) in [5.74, 6) is -0.700. The van der Waals surface area contributed by atoms with Gasteiger partial charge in [-0.2, -0.15) is 0 Å². The maximum Gasteiger partial charge on any atom is 0.303 e. The van der Waals surface area contributed by atoms with Crippen molar-refractivity contribution in [3.8, 4) is 0 Å². The largest absolute Gasteiger partial charge is 0.481 e. The molecule has 13 heavy (non-hydrogen) atoms. The summed E-state index contributed by atoms with van der Waals surface area (Å²) < 4.78 is 0. The van der Waals surface area contributed by atoms with Crippen LogP contribution in [0.1, 0.15) is 20.3 Å². The zero-order valence-electron chi connectivity index (χ0n) is 8.42. The van der Waals surface area contributed by atoms with Gasteiger partial charge in [-0.1, -0.05) is 25.7 Å². The van der Waals surface area contributed by atoms with E-state index in [0.29, 0.717) is 0 Å². The van der Waals surface area contributed by atoms with Gasteiger partial charge in [-0.25, -0.2) is 0 Å². The number of aliphatic carboxylic acids is 1. The molecule has 1 N–H and O–H groups in total. The van der Waals surface area contributed by atoms with Crippen molar-refractivity contribution in [3.63, 3.8) is 0 Å². The fourth-order valence-electron chi connectivity index (χ4n) is 0.983. The van der Waals surface area contributed by atoms with E-state index in [1.807, 2.05) is 19.9 Å². The molecule has 0 saturated carbocycles. The van der Waals surface area contributed by atoms with Crippen LogP contribution < -0.4 is 0 Å². The number of carboxylic acid groups (broad SMARTS) is 1. The molecule has 2 heteroatoms. The van der Waals surface area contributed by atoms with E-state index in [-0.39, 0.29) is 12.3 Å². The first-order chi connectivity index (χ1) is 6.11. The molecule has 1 unspecified atom stereocenters. The van der Waals surface area contributed by atoms with Crippen LogP contribution >= 0.6 is 0 Å². The lowest BCUT2D eigenvalue weighted by Crippen LogP contribution is -2.05. The molecule has 0 aromatic heterocycles. The van der Waals surface area contributed by atoms with Crippen LogP contribution in [0, 0.1) is 5.92 Å². The van der Waals surface area contributed by atoms with Gasteiger partial charge in [0.25, 0.3) is 0 Å². The van der Waals surface area contributed by atoms with E-state index in [1.165, 1.54) is 0 Å². The zero-order chi connectivity index (χ0) is 10.9. The van der Waals surface area contributed by atoms with E-state index in [0.717, 1.165) is 5.57 Å². The van der Waals surface area contributed by atoms with Crippen molar-refractivity contribution in [2.75, 3.05) is 0 Å². The molecule has 1 atom stereocenters. The Hall–Kier alpha value is -1.31. The van der Waals surface area contributed by atoms with Gasteiger partial charge in [0.15, 0.2) is 0 Å². The van der Waals surface area contributed by atoms with E-state index in [4.69, 9.17) is 5.11 Å². The van der Waals surface area contributed by atoms with E-state index >= 15 is 0 Å². The highest BCUT2D eigenvalue weighted by Gasteiger charge is 2.08. The lowest BCUT2D eigenvalue weighted by atomic mass is 9.98. The molecular formula is C11H18O2. The predicted octanol–water partition coefficient (Wildman–Crippen LogP) is 3.03. The maximum atomic E-state index is 10.3. The summed E-state index contributed by atoms with van der Waals surface area (Å²) in [7, 11) is 0.